The van der Waals surface area contributed by atoms with E-state index in [1.165, 1.54) is 0 Å². The SMILES string of the molecule is CCCNC(=O)CN1CCN(CC(=O)N2CC(C)OC(C)C2)CC1. The molecule has 2 saturated heterocycles. The maximum Gasteiger partial charge on any atom is 0.236 e. The van der Waals surface area contributed by atoms with Crippen molar-refractivity contribution < 1.29 is 14.3 Å². The number of piperazine rings is 1. The Kier molecular flexibility index (Phi) is 7.45. The van der Waals surface area contributed by atoms with Crippen molar-refractivity contribution in [1.29, 1.82) is 0 Å². The van der Waals surface area contributed by atoms with Crippen molar-refractivity contribution in [3.63, 3.8) is 0 Å². The van der Waals surface area contributed by atoms with E-state index < -0.39 is 0 Å². The molecule has 0 aromatic rings. The average Bonchev–Trinajstić information content (AvgIpc) is 2.54. The maximum atomic E-state index is 12.5. The molecule has 7 heteroatoms. The van der Waals surface area contributed by atoms with Crippen LogP contribution in [-0.2, 0) is 14.3 Å². The third-order valence-corrected chi connectivity index (χ3v) is 4.54. The van der Waals surface area contributed by atoms with Crippen LogP contribution in [0.2, 0.25) is 0 Å². The molecule has 0 radical (unpaired) electrons. The fourth-order valence-corrected chi connectivity index (χ4v) is 3.30. The van der Waals surface area contributed by atoms with E-state index in [0.717, 1.165) is 39.1 Å². The monoisotopic (exact) mass is 340 g/mol. The van der Waals surface area contributed by atoms with Gasteiger partial charge in [0.25, 0.3) is 0 Å². The Balaban J connectivity index is 1.69. The molecule has 2 fully saturated rings. The average molecular weight is 340 g/mol. The highest BCUT2D eigenvalue weighted by molar-refractivity contribution is 5.78. The van der Waals surface area contributed by atoms with Crippen LogP contribution in [0, 0.1) is 0 Å². The van der Waals surface area contributed by atoms with Gasteiger partial charge in [-0.25, -0.2) is 0 Å². The van der Waals surface area contributed by atoms with Crippen molar-refractivity contribution in [2.75, 3.05) is 58.9 Å². The molecule has 138 valence electrons. The van der Waals surface area contributed by atoms with Crippen LogP contribution in [-0.4, -0.2) is 97.6 Å². The highest BCUT2D eigenvalue weighted by Crippen LogP contribution is 2.11. The number of rotatable bonds is 6. The fourth-order valence-electron chi connectivity index (χ4n) is 3.30. The summed E-state index contributed by atoms with van der Waals surface area (Å²) in [6.07, 6.45) is 1.17. The lowest BCUT2D eigenvalue weighted by atomic mass is 10.2. The number of amides is 2. The Morgan fingerprint density at radius 1 is 1.00 bits per heavy atom. The number of nitrogens with zero attached hydrogens (tertiary/aromatic N) is 3. The van der Waals surface area contributed by atoms with Crippen molar-refractivity contribution in [2.45, 2.75) is 39.4 Å². The third kappa shape index (κ3) is 6.03. The smallest absolute Gasteiger partial charge is 0.236 e. The lowest BCUT2D eigenvalue weighted by Crippen LogP contribution is -2.54. The van der Waals surface area contributed by atoms with Gasteiger partial charge in [-0.2, -0.15) is 0 Å². The number of carbonyl (C=O) groups is 2. The Morgan fingerprint density at radius 2 is 1.54 bits per heavy atom. The van der Waals surface area contributed by atoms with Crippen LogP contribution in [0.3, 0.4) is 0 Å². The Morgan fingerprint density at radius 3 is 2.08 bits per heavy atom. The molecule has 2 aliphatic heterocycles. The zero-order valence-electron chi connectivity index (χ0n) is 15.3. The van der Waals surface area contributed by atoms with Gasteiger partial charge in [-0.3, -0.25) is 19.4 Å². The van der Waals surface area contributed by atoms with Gasteiger partial charge in [-0.1, -0.05) is 6.92 Å². The Hall–Kier alpha value is -1.18. The van der Waals surface area contributed by atoms with E-state index in [1.54, 1.807) is 0 Å². The van der Waals surface area contributed by atoms with Gasteiger partial charge in [0.05, 0.1) is 25.3 Å². The number of hydrogen-bond acceptors (Lipinski definition) is 5. The molecule has 0 bridgehead atoms. The van der Waals surface area contributed by atoms with Crippen LogP contribution in [0.4, 0.5) is 0 Å². The van der Waals surface area contributed by atoms with E-state index in [1.807, 2.05) is 25.7 Å². The molecular weight excluding hydrogens is 308 g/mol. The molecule has 2 unspecified atom stereocenters. The van der Waals surface area contributed by atoms with Crippen molar-refractivity contribution in [3.8, 4) is 0 Å². The zero-order chi connectivity index (χ0) is 17.5. The molecule has 24 heavy (non-hydrogen) atoms. The molecule has 0 aliphatic carbocycles. The van der Waals surface area contributed by atoms with Crippen molar-refractivity contribution in [2.24, 2.45) is 0 Å². The van der Waals surface area contributed by atoms with Crippen molar-refractivity contribution in [1.82, 2.24) is 20.0 Å². The third-order valence-electron chi connectivity index (χ3n) is 4.54. The first-order valence-corrected chi connectivity index (χ1v) is 9.12. The summed E-state index contributed by atoms with van der Waals surface area (Å²) in [5.74, 6) is 0.281. The second kappa shape index (κ2) is 9.34. The van der Waals surface area contributed by atoms with Crippen LogP contribution >= 0.6 is 0 Å². The van der Waals surface area contributed by atoms with Gasteiger partial charge in [0, 0.05) is 45.8 Å². The molecule has 7 nitrogen and oxygen atoms in total. The number of hydrogen-bond donors (Lipinski definition) is 1. The molecule has 0 spiro atoms. The van der Waals surface area contributed by atoms with Gasteiger partial charge in [0.1, 0.15) is 0 Å². The number of ether oxygens (including phenoxy) is 1. The zero-order valence-corrected chi connectivity index (χ0v) is 15.3. The highest BCUT2D eigenvalue weighted by atomic mass is 16.5. The first kappa shape index (κ1) is 19.1. The van der Waals surface area contributed by atoms with Crippen LogP contribution in [0.1, 0.15) is 27.2 Å². The van der Waals surface area contributed by atoms with Gasteiger partial charge >= 0.3 is 0 Å². The van der Waals surface area contributed by atoms with Crippen molar-refractivity contribution in [3.05, 3.63) is 0 Å². The van der Waals surface area contributed by atoms with E-state index >= 15 is 0 Å². The highest BCUT2D eigenvalue weighted by Gasteiger charge is 2.28. The van der Waals surface area contributed by atoms with Gasteiger partial charge in [-0.15, -0.1) is 0 Å². The molecule has 2 aliphatic rings. The van der Waals surface area contributed by atoms with E-state index in [0.29, 0.717) is 26.2 Å². The maximum absolute atomic E-state index is 12.5. The fraction of sp³-hybridized carbons (Fsp3) is 0.882. The lowest BCUT2D eigenvalue weighted by Gasteiger charge is -2.38. The summed E-state index contributed by atoms with van der Waals surface area (Å²) in [5.41, 5.74) is 0. The molecule has 2 rings (SSSR count). The Bertz CT molecular complexity index is 414. The van der Waals surface area contributed by atoms with Crippen molar-refractivity contribution >= 4 is 11.8 Å². The van der Waals surface area contributed by atoms with Crippen LogP contribution in [0.5, 0.6) is 0 Å². The molecule has 0 aromatic carbocycles. The van der Waals surface area contributed by atoms with E-state index in [4.69, 9.17) is 4.74 Å². The summed E-state index contributed by atoms with van der Waals surface area (Å²) >= 11 is 0. The number of carbonyl (C=O) groups excluding carboxylic acids is 2. The van der Waals surface area contributed by atoms with Crippen LogP contribution in [0.25, 0.3) is 0 Å². The molecule has 0 saturated carbocycles. The second-order valence-corrected chi connectivity index (χ2v) is 6.96. The van der Waals surface area contributed by atoms with Gasteiger partial charge in [0.15, 0.2) is 0 Å². The van der Waals surface area contributed by atoms with E-state index in [2.05, 4.69) is 15.1 Å². The standard InChI is InChI=1S/C17H32N4O3/c1-4-5-18-16(22)12-19-6-8-20(9-7-19)13-17(23)21-10-14(2)24-15(3)11-21/h14-15H,4-13H2,1-3H3,(H,18,22). The first-order valence-electron chi connectivity index (χ1n) is 9.12. The predicted molar refractivity (Wildman–Crippen MR) is 92.8 cm³/mol. The summed E-state index contributed by atoms with van der Waals surface area (Å²) in [6.45, 7) is 12.4. The molecular formula is C17H32N4O3. The summed E-state index contributed by atoms with van der Waals surface area (Å²) < 4.78 is 5.68. The minimum Gasteiger partial charge on any atom is -0.372 e. The summed E-state index contributed by atoms with van der Waals surface area (Å²) in [4.78, 5) is 30.5. The predicted octanol–water partition coefficient (Wildman–Crippen LogP) is -0.234. The second-order valence-electron chi connectivity index (χ2n) is 6.96. The Labute approximate surface area is 145 Å². The van der Waals surface area contributed by atoms with E-state index in [9.17, 15) is 9.59 Å². The molecule has 1 N–H and O–H groups in total. The lowest BCUT2D eigenvalue weighted by molar-refractivity contribution is -0.144. The number of nitrogens with one attached hydrogen (secondary N) is 1. The normalized spacial score (nSPS) is 26.4. The van der Waals surface area contributed by atoms with Crippen LogP contribution in [0.15, 0.2) is 0 Å². The van der Waals surface area contributed by atoms with Gasteiger partial charge < -0.3 is 15.0 Å². The minimum atomic E-state index is 0.0951. The van der Waals surface area contributed by atoms with Gasteiger partial charge in [0.2, 0.25) is 11.8 Å². The quantitative estimate of drug-likeness (QED) is 0.723. The van der Waals surface area contributed by atoms with E-state index in [-0.39, 0.29) is 24.0 Å². The molecule has 2 atom stereocenters. The first-order chi connectivity index (χ1) is 11.5. The summed E-state index contributed by atoms with van der Waals surface area (Å²) in [6, 6.07) is 0. The molecule has 2 amide bonds. The molecule has 0 aromatic heterocycles. The summed E-state index contributed by atoms with van der Waals surface area (Å²) in [7, 11) is 0. The topological polar surface area (TPSA) is 65.1 Å². The largest absolute Gasteiger partial charge is 0.372 e. The number of morpholine rings is 1. The molecule has 2 heterocycles. The van der Waals surface area contributed by atoms with Gasteiger partial charge in [-0.05, 0) is 20.3 Å². The van der Waals surface area contributed by atoms with Crippen LogP contribution < -0.4 is 5.32 Å². The minimum absolute atomic E-state index is 0.0951. The summed E-state index contributed by atoms with van der Waals surface area (Å²) in [5, 5.41) is 2.91.